The average Bonchev–Trinajstić information content (AvgIpc) is 3.05. The van der Waals surface area contributed by atoms with E-state index in [0.717, 1.165) is 12.8 Å². The number of nitrogens with two attached hydrogens (primary N) is 1. The molecule has 1 aliphatic carbocycles. The highest BCUT2D eigenvalue weighted by molar-refractivity contribution is 9.10. The number of ether oxygens (including phenoxy) is 2. The molecule has 0 saturated heterocycles. The molecule has 86 valence electrons. The van der Waals surface area contributed by atoms with Crippen LogP contribution < -0.4 is 10.5 Å². The van der Waals surface area contributed by atoms with Gasteiger partial charge in [0.25, 0.3) is 0 Å². The van der Waals surface area contributed by atoms with Gasteiger partial charge in [0.05, 0.1) is 11.6 Å². The van der Waals surface area contributed by atoms with Crippen molar-refractivity contribution in [3.8, 4) is 5.88 Å². The Labute approximate surface area is 101 Å². The van der Waals surface area contributed by atoms with Crippen molar-refractivity contribution in [3.05, 3.63) is 16.1 Å². The van der Waals surface area contributed by atoms with Crippen LogP contribution in [0.3, 0.4) is 0 Å². The Morgan fingerprint density at radius 3 is 2.88 bits per heavy atom. The summed E-state index contributed by atoms with van der Waals surface area (Å²) >= 11 is 3.28. The summed E-state index contributed by atoms with van der Waals surface area (Å²) in [6, 6.07) is 1.56. The van der Waals surface area contributed by atoms with Gasteiger partial charge in [-0.25, -0.2) is 4.79 Å². The molecule has 1 heterocycles. The Kier molecular flexibility index (Phi) is 3.00. The van der Waals surface area contributed by atoms with Gasteiger partial charge in [-0.05, 0) is 34.8 Å². The van der Waals surface area contributed by atoms with E-state index in [4.69, 9.17) is 10.5 Å². The van der Waals surface area contributed by atoms with Crippen molar-refractivity contribution < 1.29 is 14.3 Å². The minimum absolute atomic E-state index is 0.116. The highest BCUT2D eigenvalue weighted by atomic mass is 79.9. The average molecular weight is 287 g/mol. The lowest BCUT2D eigenvalue weighted by molar-refractivity contribution is 0.0601. The van der Waals surface area contributed by atoms with Gasteiger partial charge in [0.15, 0.2) is 0 Å². The zero-order valence-electron chi connectivity index (χ0n) is 8.70. The Morgan fingerprint density at radius 2 is 2.31 bits per heavy atom. The third kappa shape index (κ3) is 2.27. The number of hydrogen-bond acceptors (Lipinski definition) is 5. The number of hydrogen-bond donors (Lipinski definition) is 1. The quantitative estimate of drug-likeness (QED) is 0.857. The normalized spacial score (nSPS) is 14.6. The van der Waals surface area contributed by atoms with Crippen LogP contribution in [-0.2, 0) is 4.74 Å². The zero-order valence-corrected chi connectivity index (χ0v) is 10.3. The topological polar surface area (TPSA) is 74.4 Å². The predicted molar refractivity (Wildman–Crippen MR) is 61.3 cm³/mol. The van der Waals surface area contributed by atoms with E-state index in [1.165, 1.54) is 7.11 Å². The molecule has 0 amide bonds. The van der Waals surface area contributed by atoms with Crippen molar-refractivity contribution in [2.75, 3.05) is 12.8 Å². The lowest BCUT2D eigenvalue weighted by Gasteiger charge is -2.09. The van der Waals surface area contributed by atoms with Crippen molar-refractivity contribution in [2.24, 2.45) is 0 Å². The summed E-state index contributed by atoms with van der Waals surface area (Å²) in [4.78, 5) is 15.4. The summed E-state index contributed by atoms with van der Waals surface area (Å²) in [6.45, 7) is 0. The number of anilines is 1. The van der Waals surface area contributed by atoms with Gasteiger partial charge in [0.1, 0.15) is 17.5 Å². The van der Waals surface area contributed by atoms with E-state index in [9.17, 15) is 4.79 Å². The summed E-state index contributed by atoms with van der Waals surface area (Å²) in [5, 5.41) is 0. The summed E-state index contributed by atoms with van der Waals surface area (Å²) in [6.07, 6.45) is 2.30. The highest BCUT2D eigenvalue weighted by Gasteiger charge is 2.26. The minimum Gasteiger partial charge on any atom is -0.473 e. The minimum atomic E-state index is -0.510. The number of nitrogen functional groups attached to an aromatic ring is 1. The first-order chi connectivity index (χ1) is 7.61. The SMILES string of the molecule is COC(=O)c1cc(Br)c(OC2CC2)nc1N. The van der Waals surface area contributed by atoms with Gasteiger partial charge in [-0.3, -0.25) is 0 Å². The number of carbonyl (C=O) groups is 1. The highest BCUT2D eigenvalue weighted by Crippen LogP contribution is 2.32. The molecule has 0 atom stereocenters. The van der Waals surface area contributed by atoms with Crippen LogP contribution in [0.5, 0.6) is 5.88 Å². The van der Waals surface area contributed by atoms with Gasteiger partial charge in [-0.2, -0.15) is 4.98 Å². The summed E-state index contributed by atoms with van der Waals surface area (Å²) in [7, 11) is 1.30. The summed E-state index contributed by atoms with van der Waals surface area (Å²) in [5.74, 6) is 0.0297. The molecule has 0 radical (unpaired) electrons. The molecular formula is C10H11BrN2O3. The van der Waals surface area contributed by atoms with Crippen molar-refractivity contribution >= 4 is 27.7 Å². The van der Waals surface area contributed by atoms with Crippen LogP contribution in [-0.4, -0.2) is 24.2 Å². The molecule has 1 aliphatic rings. The maximum Gasteiger partial charge on any atom is 0.341 e. The molecule has 1 aromatic heterocycles. The van der Waals surface area contributed by atoms with Gasteiger partial charge in [0.2, 0.25) is 5.88 Å². The number of aromatic nitrogens is 1. The number of carbonyl (C=O) groups excluding carboxylic acids is 1. The van der Waals surface area contributed by atoms with Crippen LogP contribution in [0.1, 0.15) is 23.2 Å². The van der Waals surface area contributed by atoms with E-state index in [-0.39, 0.29) is 17.5 Å². The molecule has 1 aromatic rings. The molecule has 6 heteroatoms. The number of rotatable bonds is 3. The van der Waals surface area contributed by atoms with Crippen LogP contribution in [0, 0.1) is 0 Å². The second kappa shape index (κ2) is 4.29. The lowest BCUT2D eigenvalue weighted by atomic mass is 10.2. The van der Waals surface area contributed by atoms with Gasteiger partial charge in [-0.1, -0.05) is 0 Å². The standard InChI is InChI=1S/C10H11BrN2O3/c1-15-10(14)6-4-7(11)9(13-8(6)12)16-5-2-3-5/h4-5H,2-3H2,1H3,(H2,12,13). The number of nitrogens with zero attached hydrogens (tertiary/aromatic N) is 1. The first-order valence-corrected chi connectivity index (χ1v) is 5.62. The predicted octanol–water partition coefficient (Wildman–Crippen LogP) is 1.75. The lowest BCUT2D eigenvalue weighted by Crippen LogP contribution is -2.09. The molecule has 0 spiro atoms. The van der Waals surface area contributed by atoms with E-state index in [1.807, 2.05) is 0 Å². The first-order valence-electron chi connectivity index (χ1n) is 4.83. The fourth-order valence-electron chi connectivity index (χ4n) is 1.19. The van der Waals surface area contributed by atoms with Crippen molar-refractivity contribution in [3.63, 3.8) is 0 Å². The second-order valence-electron chi connectivity index (χ2n) is 3.52. The van der Waals surface area contributed by atoms with E-state index in [1.54, 1.807) is 6.07 Å². The molecule has 0 bridgehead atoms. The van der Waals surface area contributed by atoms with Gasteiger partial charge >= 0.3 is 5.97 Å². The third-order valence-corrected chi connectivity index (χ3v) is 2.75. The molecule has 5 nitrogen and oxygen atoms in total. The Morgan fingerprint density at radius 1 is 1.62 bits per heavy atom. The Bertz CT molecular complexity index is 432. The largest absolute Gasteiger partial charge is 0.473 e. The number of halogens is 1. The van der Waals surface area contributed by atoms with E-state index >= 15 is 0 Å². The maximum absolute atomic E-state index is 11.3. The van der Waals surface area contributed by atoms with Crippen molar-refractivity contribution in [2.45, 2.75) is 18.9 Å². The molecule has 0 unspecified atom stereocenters. The van der Waals surface area contributed by atoms with Crippen LogP contribution >= 0.6 is 15.9 Å². The Hall–Kier alpha value is -1.30. The van der Waals surface area contributed by atoms with Gasteiger partial charge < -0.3 is 15.2 Å². The molecular weight excluding hydrogens is 276 g/mol. The zero-order chi connectivity index (χ0) is 11.7. The van der Waals surface area contributed by atoms with Crippen LogP contribution in [0.25, 0.3) is 0 Å². The fourth-order valence-corrected chi connectivity index (χ4v) is 1.60. The molecule has 1 saturated carbocycles. The third-order valence-electron chi connectivity index (χ3n) is 2.18. The number of pyridine rings is 1. The maximum atomic E-state index is 11.3. The second-order valence-corrected chi connectivity index (χ2v) is 4.37. The van der Waals surface area contributed by atoms with Crippen LogP contribution in [0.4, 0.5) is 5.82 Å². The molecule has 0 aromatic carbocycles. The van der Waals surface area contributed by atoms with Crippen LogP contribution in [0.15, 0.2) is 10.5 Å². The van der Waals surface area contributed by atoms with Gasteiger partial charge in [0, 0.05) is 0 Å². The van der Waals surface area contributed by atoms with Crippen LogP contribution in [0.2, 0.25) is 0 Å². The Balaban J connectivity index is 2.29. The van der Waals surface area contributed by atoms with Crippen molar-refractivity contribution in [1.82, 2.24) is 4.98 Å². The summed E-state index contributed by atoms with van der Waals surface area (Å²) in [5.41, 5.74) is 5.88. The number of methoxy groups -OCH3 is 1. The molecule has 1 fully saturated rings. The smallest absolute Gasteiger partial charge is 0.341 e. The van der Waals surface area contributed by atoms with E-state index in [2.05, 4.69) is 25.7 Å². The number of esters is 1. The molecule has 2 N–H and O–H groups in total. The van der Waals surface area contributed by atoms with Crippen molar-refractivity contribution in [1.29, 1.82) is 0 Å². The monoisotopic (exact) mass is 286 g/mol. The molecule has 0 aliphatic heterocycles. The summed E-state index contributed by atoms with van der Waals surface area (Å²) < 4.78 is 10.7. The van der Waals surface area contributed by atoms with Gasteiger partial charge in [-0.15, -0.1) is 0 Å². The van der Waals surface area contributed by atoms with E-state index < -0.39 is 5.97 Å². The molecule has 2 rings (SSSR count). The van der Waals surface area contributed by atoms with E-state index in [0.29, 0.717) is 10.4 Å². The first kappa shape index (κ1) is 11.2. The fraction of sp³-hybridized carbons (Fsp3) is 0.400. The molecule has 16 heavy (non-hydrogen) atoms.